The van der Waals surface area contributed by atoms with E-state index in [1.165, 1.54) is 41.9 Å². The lowest BCUT2D eigenvalue weighted by atomic mass is 9.90. The van der Waals surface area contributed by atoms with Gasteiger partial charge in [0.2, 0.25) is 0 Å². The summed E-state index contributed by atoms with van der Waals surface area (Å²) in [5, 5.41) is 0. The van der Waals surface area contributed by atoms with Crippen molar-refractivity contribution < 1.29 is 0 Å². The third-order valence-electron chi connectivity index (χ3n) is 6.09. The number of hydrogen-bond acceptors (Lipinski definition) is 2. The molecule has 2 heterocycles. The van der Waals surface area contributed by atoms with E-state index >= 15 is 0 Å². The highest BCUT2D eigenvalue weighted by Crippen LogP contribution is 2.44. The Labute approximate surface area is 146 Å². The summed E-state index contributed by atoms with van der Waals surface area (Å²) in [4.78, 5) is 5.24. The van der Waals surface area contributed by atoms with Crippen molar-refractivity contribution in [3.8, 4) is 0 Å². The van der Waals surface area contributed by atoms with Gasteiger partial charge >= 0.3 is 0 Å². The van der Waals surface area contributed by atoms with Crippen LogP contribution in [0.25, 0.3) is 0 Å². The van der Waals surface area contributed by atoms with Crippen LogP contribution in [-0.4, -0.2) is 36.5 Å². The van der Waals surface area contributed by atoms with E-state index < -0.39 is 0 Å². The van der Waals surface area contributed by atoms with Crippen LogP contribution in [0.1, 0.15) is 28.3 Å². The van der Waals surface area contributed by atoms with Gasteiger partial charge in [-0.1, -0.05) is 48.5 Å². The van der Waals surface area contributed by atoms with Gasteiger partial charge in [-0.3, -0.25) is 9.80 Å². The molecule has 4 rings (SSSR count). The summed E-state index contributed by atoms with van der Waals surface area (Å²) in [5.74, 6) is 1.58. The van der Waals surface area contributed by atoms with Crippen molar-refractivity contribution in [1.29, 1.82) is 0 Å². The lowest BCUT2D eigenvalue weighted by molar-refractivity contribution is 0.224. The second-order valence-corrected chi connectivity index (χ2v) is 7.83. The average Bonchev–Trinajstić information content (AvgIpc) is 3.07. The summed E-state index contributed by atoms with van der Waals surface area (Å²) in [6, 6.07) is 18.6. The van der Waals surface area contributed by atoms with Crippen LogP contribution < -0.4 is 0 Å². The summed E-state index contributed by atoms with van der Waals surface area (Å²) in [6.45, 7) is 9.21. The molecular weight excluding hydrogens is 292 g/mol. The van der Waals surface area contributed by atoms with Gasteiger partial charge in [0.25, 0.3) is 0 Å². The fraction of sp³-hybridized carbons (Fsp3) is 0.455. The molecule has 0 aromatic heterocycles. The quantitative estimate of drug-likeness (QED) is 0.842. The zero-order valence-corrected chi connectivity index (χ0v) is 15.1. The fourth-order valence-corrected chi connectivity index (χ4v) is 4.79. The topological polar surface area (TPSA) is 6.48 Å². The zero-order chi connectivity index (χ0) is 16.7. The van der Waals surface area contributed by atoms with Gasteiger partial charge in [-0.15, -0.1) is 0 Å². The second kappa shape index (κ2) is 6.34. The standard InChI is InChI=1S/C22H28N2/c1-16-9-10-18(11-17(16)2)12-24-14-20-13-23(3)22(21(20)15-24)19-7-5-4-6-8-19/h4-11,20-22H,12-15H2,1-3H3/t20-,21+,22-/m0/s1. The third kappa shape index (κ3) is 2.89. The lowest BCUT2D eigenvalue weighted by Crippen LogP contribution is -2.28. The van der Waals surface area contributed by atoms with Crippen molar-refractivity contribution in [3.05, 3.63) is 70.8 Å². The Morgan fingerprint density at radius 3 is 2.46 bits per heavy atom. The smallest absolute Gasteiger partial charge is 0.0389 e. The van der Waals surface area contributed by atoms with Crippen LogP contribution in [-0.2, 0) is 6.54 Å². The van der Waals surface area contributed by atoms with Gasteiger partial charge in [-0.2, -0.15) is 0 Å². The molecule has 2 aromatic carbocycles. The number of likely N-dealkylation sites (tertiary alicyclic amines) is 2. The van der Waals surface area contributed by atoms with E-state index in [1.807, 2.05) is 0 Å². The number of fused-ring (bicyclic) bond motifs is 1. The number of aryl methyl sites for hydroxylation is 2. The minimum atomic E-state index is 0.584. The molecule has 0 saturated carbocycles. The Kier molecular flexibility index (Phi) is 4.19. The Bertz CT molecular complexity index is 709. The molecule has 24 heavy (non-hydrogen) atoms. The molecule has 0 bridgehead atoms. The van der Waals surface area contributed by atoms with E-state index in [4.69, 9.17) is 0 Å². The molecule has 2 fully saturated rings. The zero-order valence-electron chi connectivity index (χ0n) is 15.1. The molecule has 0 aliphatic carbocycles. The van der Waals surface area contributed by atoms with Gasteiger partial charge in [0.05, 0.1) is 0 Å². The lowest BCUT2D eigenvalue weighted by Gasteiger charge is -2.27. The van der Waals surface area contributed by atoms with E-state index in [-0.39, 0.29) is 0 Å². The van der Waals surface area contributed by atoms with Gasteiger partial charge < -0.3 is 0 Å². The molecule has 2 aliphatic heterocycles. The van der Waals surface area contributed by atoms with E-state index in [0.29, 0.717) is 6.04 Å². The summed E-state index contributed by atoms with van der Waals surface area (Å²) in [5.41, 5.74) is 5.75. The van der Waals surface area contributed by atoms with Crippen LogP contribution in [0.5, 0.6) is 0 Å². The average molecular weight is 320 g/mol. The van der Waals surface area contributed by atoms with Crippen molar-refractivity contribution in [3.63, 3.8) is 0 Å². The minimum Gasteiger partial charge on any atom is -0.299 e. The van der Waals surface area contributed by atoms with Crippen LogP contribution in [0.15, 0.2) is 48.5 Å². The Morgan fingerprint density at radius 2 is 1.71 bits per heavy atom. The van der Waals surface area contributed by atoms with Crippen LogP contribution in [0, 0.1) is 25.7 Å². The third-order valence-corrected chi connectivity index (χ3v) is 6.09. The SMILES string of the molecule is Cc1ccc(CN2C[C@@H]3CN(C)[C@@H](c4ccccc4)[C@@H]3C2)cc1C. The molecule has 2 aliphatic rings. The molecule has 0 unspecified atom stereocenters. The number of rotatable bonds is 3. The highest BCUT2D eigenvalue weighted by Gasteiger charge is 2.45. The van der Waals surface area contributed by atoms with Crippen molar-refractivity contribution in [2.45, 2.75) is 26.4 Å². The molecule has 0 radical (unpaired) electrons. The number of benzene rings is 2. The first-order valence-corrected chi connectivity index (χ1v) is 9.15. The maximum absolute atomic E-state index is 2.67. The Balaban J connectivity index is 1.49. The molecule has 3 atom stereocenters. The van der Waals surface area contributed by atoms with Crippen molar-refractivity contribution in [2.24, 2.45) is 11.8 Å². The molecule has 0 spiro atoms. The fourth-order valence-electron chi connectivity index (χ4n) is 4.79. The highest BCUT2D eigenvalue weighted by atomic mass is 15.2. The summed E-state index contributed by atoms with van der Waals surface area (Å²) in [6.07, 6.45) is 0. The van der Waals surface area contributed by atoms with Crippen molar-refractivity contribution in [2.75, 3.05) is 26.7 Å². The van der Waals surface area contributed by atoms with E-state index in [9.17, 15) is 0 Å². The Morgan fingerprint density at radius 1 is 0.917 bits per heavy atom. The summed E-state index contributed by atoms with van der Waals surface area (Å²) in [7, 11) is 2.30. The summed E-state index contributed by atoms with van der Waals surface area (Å²) >= 11 is 0. The molecular formula is C22H28N2. The van der Waals surface area contributed by atoms with Crippen LogP contribution in [0.3, 0.4) is 0 Å². The minimum absolute atomic E-state index is 0.584. The first-order valence-electron chi connectivity index (χ1n) is 9.15. The van der Waals surface area contributed by atoms with Gasteiger partial charge in [0.1, 0.15) is 0 Å². The molecule has 126 valence electrons. The van der Waals surface area contributed by atoms with Crippen LogP contribution in [0.2, 0.25) is 0 Å². The van der Waals surface area contributed by atoms with Gasteiger partial charge in [0, 0.05) is 32.2 Å². The van der Waals surface area contributed by atoms with Gasteiger partial charge in [-0.25, -0.2) is 0 Å². The molecule has 2 heteroatoms. The van der Waals surface area contributed by atoms with Crippen LogP contribution in [0.4, 0.5) is 0 Å². The first-order chi connectivity index (χ1) is 11.6. The maximum Gasteiger partial charge on any atom is 0.0389 e. The monoisotopic (exact) mass is 320 g/mol. The van der Waals surface area contributed by atoms with Crippen LogP contribution >= 0.6 is 0 Å². The van der Waals surface area contributed by atoms with Gasteiger partial charge in [0.15, 0.2) is 0 Å². The molecule has 2 aromatic rings. The van der Waals surface area contributed by atoms with Gasteiger partial charge in [-0.05, 0) is 55.0 Å². The number of nitrogens with zero attached hydrogens (tertiary/aromatic N) is 2. The summed E-state index contributed by atoms with van der Waals surface area (Å²) < 4.78 is 0. The molecule has 0 amide bonds. The number of hydrogen-bond donors (Lipinski definition) is 0. The predicted octanol–water partition coefficient (Wildman–Crippen LogP) is 4.04. The largest absolute Gasteiger partial charge is 0.299 e. The molecule has 2 saturated heterocycles. The van der Waals surface area contributed by atoms with E-state index in [2.05, 4.69) is 79.2 Å². The maximum atomic E-state index is 2.67. The van der Waals surface area contributed by atoms with Crippen molar-refractivity contribution >= 4 is 0 Å². The second-order valence-electron chi connectivity index (χ2n) is 7.83. The van der Waals surface area contributed by atoms with Crippen molar-refractivity contribution in [1.82, 2.24) is 9.80 Å². The normalized spacial score (nSPS) is 27.5. The highest BCUT2D eigenvalue weighted by molar-refractivity contribution is 5.30. The Hall–Kier alpha value is -1.64. The molecule has 0 N–H and O–H groups in total. The van der Waals surface area contributed by atoms with E-state index in [0.717, 1.165) is 18.4 Å². The molecule has 2 nitrogen and oxygen atoms in total. The first kappa shape index (κ1) is 15.9. The predicted molar refractivity (Wildman–Crippen MR) is 100.0 cm³/mol. The van der Waals surface area contributed by atoms with E-state index in [1.54, 1.807) is 0 Å².